The first-order valence-corrected chi connectivity index (χ1v) is 12.7. The van der Waals surface area contributed by atoms with Crippen molar-refractivity contribution in [1.29, 1.82) is 0 Å². The Kier molecular flexibility index (Phi) is 5.19. The number of nitrogens with one attached hydrogen (secondary N) is 1. The monoisotopic (exact) mass is 453 g/mol. The highest BCUT2D eigenvalue weighted by Gasteiger charge is 2.33. The number of morpholine rings is 1. The minimum Gasteiger partial charge on any atom is -0.378 e. The molecule has 3 aromatic heterocycles. The summed E-state index contributed by atoms with van der Waals surface area (Å²) in [6.45, 7) is 8.17. The fourth-order valence-corrected chi connectivity index (χ4v) is 6.48. The lowest BCUT2D eigenvalue weighted by atomic mass is 9.90. The first-order valence-electron chi connectivity index (χ1n) is 11.9. The first kappa shape index (κ1) is 20.6. The van der Waals surface area contributed by atoms with Crippen LogP contribution in [-0.2, 0) is 22.5 Å². The van der Waals surface area contributed by atoms with E-state index in [0.717, 1.165) is 59.4 Å². The molecule has 32 heavy (non-hydrogen) atoms. The summed E-state index contributed by atoms with van der Waals surface area (Å²) in [5.41, 5.74) is 3.40. The van der Waals surface area contributed by atoms with Crippen molar-refractivity contribution in [2.24, 2.45) is 0 Å². The molecule has 0 unspecified atom stereocenters. The molecule has 0 amide bonds. The molecule has 5 heterocycles. The van der Waals surface area contributed by atoms with Crippen LogP contribution in [0.4, 0.5) is 11.6 Å². The van der Waals surface area contributed by atoms with Gasteiger partial charge < -0.3 is 19.7 Å². The number of nitrogens with zero attached hydrogens (tertiary/aromatic N) is 4. The maximum Gasteiger partial charge on any atom is 0.147 e. The topological polar surface area (TPSA) is 72.4 Å². The Bertz CT molecular complexity index is 1150. The number of ether oxygens (including phenoxy) is 2. The molecule has 8 heteroatoms. The van der Waals surface area contributed by atoms with Crippen LogP contribution in [0.15, 0.2) is 6.33 Å². The Morgan fingerprint density at radius 1 is 1.09 bits per heavy atom. The molecular weight excluding hydrogens is 422 g/mol. The van der Waals surface area contributed by atoms with Gasteiger partial charge in [0.05, 0.1) is 35.6 Å². The minimum absolute atomic E-state index is 0.200. The summed E-state index contributed by atoms with van der Waals surface area (Å²) < 4.78 is 13.0. The molecule has 0 aromatic carbocycles. The van der Waals surface area contributed by atoms with Crippen LogP contribution >= 0.6 is 11.3 Å². The standard InChI is InChI=1S/C24H31N5O2S/c1-24(2)12-16-17(13-31-24)22(29-8-10-30-11-9-29)28-23-18(16)19-20(32-23)21(26-14-25-19)27-15-6-4-3-5-7-15/h14-15H,3-13H2,1-2H3,(H,25,26,27). The van der Waals surface area contributed by atoms with Crippen molar-refractivity contribution in [1.82, 2.24) is 15.0 Å². The molecule has 0 bridgehead atoms. The number of hydrogen-bond acceptors (Lipinski definition) is 8. The number of thiophene rings is 1. The van der Waals surface area contributed by atoms with Crippen molar-refractivity contribution in [3.63, 3.8) is 0 Å². The molecule has 0 atom stereocenters. The summed E-state index contributed by atoms with van der Waals surface area (Å²) in [4.78, 5) is 18.0. The van der Waals surface area contributed by atoms with E-state index in [9.17, 15) is 0 Å². The smallest absolute Gasteiger partial charge is 0.147 e. The highest BCUT2D eigenvalue weighted by atomic mass is 32.1. The van der Waals surface area contributed by atoms with Crippen LogP contribution in [0.3, 0.4) is 0 Å². The highest BCUT2D eigenvalue weighted by Crippen LogP contribution is 2.44. The number of pyridine rings is 1. The van der Waals surface area contributed by atoms with Crippen molar-refractivity contribution < 1.29 is 9.47 Å². The van der Waals surface area contributed by atoms with Gasteiger partial charge in [-0.3, -0.25) is 0 Å². The van der Waals surface area contributed by atoms with Crippen molar-refractivity contribution in [3.05, 3.63) is 17.5 Å². The first-order chi connectivity index (χ1) is 15.6. The van der Waals surface area contributed by atoms with Crippen LogP contribution in [-0.4, -0.2) is 52.9 Å². The van der Waals surface area contributed by atoms with Gasteiger partial charge in [0, 0.05) is 36.5 Å². The summed E-state index contributed by atoms with van der Waals surface area (Å²) in [7, 11) is 0. The molecular formula is C24H31N5O2S. The maximum absolute atomic E-state index is 6.25. The third-order valence-electron chi connectivity index (χ3n) is 7.06. The third kappa shape index (κ3) is 3.62. The molecule has 7 nitrogen and oxygen atoms in total. The Morgan fingerprint density at radius 2 is 1.91 bits per heavy atom. The quantitative estimate of drug-likeness (QED) is 0.618. The lowest BCUT2D eigenvalue weighted by molar-refractivity contribution is -0.0396. The number of fused-ring (bicyclic) bond motifs is 5. The summed E-state index contributed by atoms with van der Waals surface area (Å²) in [6, 6.07) is 0.505. The SMILES string of the molecule is CC1(C)Cc2c(c(N3CCOCC3)nc3sc4c(NC5CCCCC5)ncnc4c23)CO1. The van der Waals surface area contributed by atoms with Crippen LogP contribution in [0, 0.1) is 0 Å². The van der Waals surface area contributed by atoms with Gasteiger partial charge in [-0.25, -0.2) is 15.0 Å². The van der Waals surface area contributed by atoms with E-state index in [1.54, 1.807) is 17.7 Å². The van der Waals surface area contributed by atoms with Gasteiger partial charge in [-0.05, 0) is 32.3 Å². The number of anilines is 2. The van der Waals surface area contributed by atoms with Crippen molar-refractivity contribution in [2.45, 2.75) is 70.6 Å². The van der Waals surface area contributed by atoms with Crippen LogP contribution in [0.2, 0.25) is 0 Å². The number of hydrogen-bond donors (Lipinski definition) is 1. The van der Waals surface area contributed by atoms with E-state index in [2.05, 4.69) is 29.0 Å². The molecule has 0 radical (unpaired) electrons. The predicted molar refractivity (Wildman–Crippen MR) is 129 cm³/mol. The summed E-state index contributed by atoms with van der Waals surface area (Å²) >= 11 is 1.73. The molecule has 170 valence electrons. The lowest BCUT2D eigenvalue weighted by Crippen LogP contribution is -2.39. The van der Waals surface area contributed by atoms with E-state index >= 15 is 0 Å². The van der Waals surface area contributed by atoms with E-state index in [0.29, 0.717) is 12.6 Å². The van der Waals surface area contributed by atoms with E-state index in [4.69, 9.17) is 19.4 Å². The van der Waals surface area contributed by atoms with E-state index in [1.165, 1.54) is 48.6 Å². The van der Waals surface area contributed by atoms with Crippen molar-refractivity contribution in [3.8, 4) is 0 Å². The van der Waals surface area contributed by atoms with Crippen LogP contribution in [0.1, 0.15) is 57.1 Å². The van der Waals surface area contributed by atoms with Gasteiger partial charge in [0.1, 0.15) is 22.8 Å². The van der Waals surface area contributed by atoms with E-state index in [1.807, 2.05) is 0 Å². The summed E-state index contributed by atoms with van der Waals surface area (Å²) in [5, 5.41) is 4.94. The Hall–Kier alpha value is -2.03. The van der Waals surface area contributed by atoms with Gasteiger partial charge in [-0.1, -0.05) is 19.3 Å². The van der Waals surface area contributed by atoms with Gasteiger partial charge in [0.25, 0.3) is 0 Å². The summed E-state index contributed by atoms with van der Waals surface area (Å²) in [5.74, 6) is 2.03. The second kappa shape index (κ2) is 8.08. The molecule has 1 N–H and O–H groups in total. The van der Waals surface area contributed by atoms with Gasteiger partial charge >= 0.3 is 0 Å². The molecule has 1 saturated carbocycles. The average molecular weight is 454 g/mol. The molecule has 1 saturated heterocycles. The minimum atomic E-state index is -0.200. The Labute approximate surface area is 192 Å². The van der Waals surface area contributed by atoms with Crippen LogP contribution in [0.5, 0.6) is 0 Å². The van der Waals surface area contributed by atoms with Crippen molar-refractivity contribution in [2.75, 3.05) is 36.5 Å². The molecule has 2 aliphatic heterocycles. The third-order valence-corrected chi connectivity index (χ3v) is 8.14. The zero-order chi connectivity index (χ0) is 21.7. The lowest BCUT2D eigenvalue weighted by Gasteiger charge is -2.36. The van der Waals surface area contributed by atoms with Crippen LogP contribution in [0.25, 0.3) is 20.4 Å². The maximum atomic E-state index is 6.25. The zero-order valence-electron chi connectivity index (χ0n) is 18.9. The number of aromatic nitrogens is 3. The predicted octanol–water partition coefficient (Wildman–Crippen LogP) is 4.67. The van der Waals surface area contributed by atoms with Crippen molar-refractivity contribution >= 4 is 43.4 Å². The van der Waals surface area contributed by atoms with Gasteiger partial charge in [-0.2, -0.15) is 0 Å². The van der Waals surface area contributed by atoms with Crippen LogP contribution < -0.4 is 10.2 Å². The van der Waals surface area contributed by atoms with Gasteiger partial charge in [0.2, 0.25) is 0 Å². The fourth-order valence-electron chi connectivity index (χ4n) is 5.37. The molecule has 6 rings (SSSR count). The largest absolute Gasteiger partial charge is 0.378 e. The summed E-state index contributed by atoms with van der Waals surface area (Å²) in [6.07, 6.45) is 8.95. The molecule has 3 aromatic rings. The number of rotatable bonds is 3. The second-order valence-corrected chi connectivity index (χ2v) is 10.9. The molecule has 3 aliphatic rings. The van der Waals surface area contributed by atoms with Gasteiger partial charge in [-0.15, -0.1) is 11.3 Å². The van der Waals surface area contributed by atoms with E-state index in [-0.39, 0.29) is 5.60 Å². The van der Waals surface area contributed by atoms with Gasteiger partial charge in [0.15, 0.2) is 0 Å². The molecule has 1 aliphatic carbocycles. The normalized spacial score (nSPS) is 21.8. The molecule has 2 fully saturated rings. The molecule has 0 spiro atoms. The Balaban J connectivity index is 1.52. The second-order valence-electron chi connectivity index (χ2n) is 9.88. The highest BCUT2D eigenvalue weighted by molar-refractivity contribution is 7.26. The van der Waals surface area contributed by atoms with E-state index < -0.39 is 0 Å². The average Bonchev–Trinajstić information content (AvgIpc) is 3.19. The Morgan fingerprint density at radius 3 is 2.72 bits per heavy atom. The fraction of sp³-hybridized carbons (Fsp3) is 0.625. The zero-order valence-corrected chi connectivity index (χ0v) is 19.8.